The number of nitrogens with zero attached hydrogens (tertiary/aromatic N) is 1. The monoisotopic (exact) mass is 368 g/mol. The average molecular weight is 368 g/mol. The van der Waals surface area contributed by atoms with Crippen molar-refractivity contribution in [3.63, 3.8) is 0 Å². The molecule has 1 fully saturated rings. The topological polar surface area (TPSA) is 52.9 Å². The fourth-order valence-corrected chi connectivity index (χ4v) is 2.77. The molecule has 2 rings (SSSR count). The molecule has 0 atom stereocenters. The van der Waals surface area contributed by atoms with Crippen molar-refractivity contribution in [1.29, 1.82) is 5.26 Å². The first kappa shape index (κ1) is 14.3. The quantitative estimate of drug-likeness (QED) is 0.813. The number of carbonyl (C=O) groups excluding carboxylic acids is 1. The molecule has 0 spiro atoms. The summed E-state index contributed by atoms with van der Waals surface area (Å²) in [5.74, 6) is 0.504. The van der Waals surface area contributed by atoms with Gasteiger partial charge in [0.25, 0.3) is 5.91 Å². The van der Waals surface area contributed by atoms with Crippen molar-refractivity contribution in [2.24, 2.45) is 5.92 Å². The normalized spacial score (nSPS) is 26.5. The molecule has 0 aromatic heterocycles. The van der Waals surface area contributed by atoms with Crippen LogP contribution in [0.5, 0.6) is 0 Å². The minimum absolute atomic E-state index is 0.146. The maximum atomic E-state index is 12.2. The molecule has 0 aliphatic heterocycles. The van der Waals surface area contributed by atoms with Crippen LogP contribution in [0.3, 0.4) is 0 Å². The van der Waals surface area contributed by atoms with Gasteiger partial charge in [0.05, 0.1) is 6.07 Å². The van der Waals surface area contributed by atoms with Gasteiger partial charge in [0, 0.05) is 9.13 Å². The molecule has 1 aliphatic rings. The lowest BCUT2D eigenvalue weighted by Gasteiger charge is -2.34. The van der Waals surface area contributed by atoms with E-state index in [1.165, 1.54) is 0 Å². The first-order chi connectivity index (χ1) is 9.04. The molecular formula is C15H17IN2O. The number of hydrogen-bond acceptors (Lipinski definition) is 2. The van der Waals surface area contributed by atoms with Crippen LogP contribution in [-0.4, -0.2) is 11.4 Å². The Bertz CT molecular complexity index is 496. The number of benzene rings is 1. The second kappa shape index (κ2) is 5.91. The molecule has 1 aromatic carbocycles. The van der Waals surface area contributed by atoms with Crippen LogP contribution in [0, 0.1) is 20.8 Å². The molecule has 1 aromatic rings. The summed E-state index contributed by atoms with van der Waals surface area (Å²) in [6, 6.07) is 9.72. The summed E-state index contributed by atoms with van der Waals surface area (Å²) < 4.78 is 1.09. The molecule has 1 aliphatic carbocycles. The van der Waals surface area contributed by atoms with Gasteiger partial charge in [-0.15, -0.1) is 0 Å². The van der Waals surface area contributed by atoms with E-state index in [2.05, 4.69) is 40.9 Å². The van der Waals surface area contributed by atoms with Gasteiger partial charge in [-0.2, -0.15) is 5.26 Å². The van der Waals surface area contributed by atoms with Crippen molar-refractivity contribution in [1.82, 2.24) is 5.32 Å². The molecule has 19 heavy (non-hydrogen) atoms. The van der Waals surface area contributed by atoms with Gasteiger partial charge in [-0.25, -0.2) is 0 Å². The highest BCUT2D eigenvalue weighted by Gasteiger charge is 2.35. The highest BCUT2D eigenvalue weighted by atomic mass is 127. The summed E-state index contributed by atoms with van der Waals surface area (Å²) in [4.78, 5) is 12.2. The highest BCUT2D eigenvalue weighted by Crippen LogP contribution is 2.31. The Labute approximate surface area is 127 Å². The first-order valence-corrected chi connectivity index (χ1v) is 7.62. The molecule has 1 N–H and O–H groups in total. The predicted octanol–water partition coefficient (Wildman–Crippen LogP) is 3.49. The van der Waals surface area contributed by atoms with Crippen molar-refractivity contribution in [3.8, 4) is 6.07 Å². The standard InChI is InChI=1S/C15H17IN2O/c1-11-6-8-15(10-17,9-7-11)18-14(19)12-2-4-13(16)5-3-12/h2-5,11H,6-9H2,1H3,(H,18,19). The van der Waals surface area contributed by atoms with Crippen molar-refractivity contribution in [2.75, 3.05) is 0 Å². The van der Waals surface area contributed by atoms with Crippen LogP contribution >= 0.6 is 22.6 Å². The molecule has 0 saturated heterocycles. The van der Waals surface area contributed by atoms with Crippen LogP contribution in [0.15, 0.2) is 24.3 Å². The fourth-order valence-electron chi connectivity index (χ4n) is 2.41. The number of nitrogens with one attached hydrogen (secondary N) is 1. The molecule has 100 valence electrons. The van der Waals surface area contributed by atoms with Crippen LogP contribution in [0.2, 0.25) is 0 Å². The zero-order chi connectivity index (χ0) is 13.9. The molecule has 0 unspecified atom stereocenters. The summed E-state index contributed by atoms with van der Waals surface area (Å²) >= 11 is 2.20. The van der Waals surface area contributed by atoms with Crippen molar-refractivity contribution in [2.45, 2.75) is 38.1 Å². The Hall–Kier alpha value is -1.09. The van der Waals surface area contributed by atoms with Crippen LogP contribution < -0.4 is 5.32 Å². The zero-order valence-corrected chi connectivity index (χ0v) is 13.1. The highest BCUT2D eigenvalue weighted by molar-refractivity contribution is 14.1. The molecule has 4 heteroatoms. The van der Waals surface area contributed by atoms with Gasteiger partial charge in [0.15, 0.2) is 0 Å². The smallest absolute Gasteiger partial charge is 0.252 e. The largest absolute Gasteiger partial charge is 0.334 e. The Morgan fingerprint density at radius 3 is 2.47 bits per heavy atom. The van der Waals surface area contributed by atoms with Crippen molar-refractivity contribution in [3.05, 3.63) is 33.4 Å². The number of amides is 1. The predicted molar refractivity (Wildman–Crippen MR) is 82.6 cm³/mol. The number of carbonyl (C=O) groups is 1. The van der Waals surface area contributed by atoms with E-state index in [-0.39, 0.29) is 5.91 Å². The number of rotatable bonds is 2. The van der Waals surface area contributed by atoms with Crippen LogP contribution in [0.1, 0.15) is 43.0 Å². The Balaban J connectivity index is 2.09. The van der Waals surface area contributed by atoms with E-state index in [1.807, 2.05) is 12.1 Å². The van der Waals surface area contributed by atoms with Gasteiger partial charge in [0.2, 0.25) is 0 Å². The van der Waals surface area contributed by atoms with Crippen LogP contribution in [0.25, 0.3) is 0 Å². The number of hydrogen-bond donors (Lipinski definition) is 1. The van der Waals surface area contributed by atoms with E-state index in [4.69, 9.17) is 0 Å². The van der Waals surface area contributed by atoms with Gasteiger partial charge in [-0.05, 0) is 78.5 Å². The third kappa shape index (κ3) is 3.47. The summed E-state index contributed by atoms with van der Waals surface area (Å²) in [5.41, 5.74) is -0.0549. The zero-order valence-electron chi connectivity index (χ0n) is 10.9. The van der Waals surface area contributed by atoms with Gasteiger partial charge in [-0.3, -0.25) is 4.79 Å². The van der Waals surface area contributed by atoms with Crippen molar-refractivity contribution >= 4 is 28.5 Å². The van der Waals surface area contributed by atoms with Crippen molar-refractivity contribution < 1.29 is 4.79 Å². The summed E-state index contributed by atoms with van der Waals surface area (Å²) in [5, 5.41) is 12.3. The fraction of sp³-hybridized carbons (Fsp3) is 0.467. The van der Waals surface area contributed by atoms with E-state index < -0.39 is 5.54 Å². The summed E-state index contributed by atoms with van der Waals surface area (Å²) in [6.45, 7) is 2.20. The van der Waals surface area contributed by atoms with E-state index in [0.717, 1.165) is 29.3 Å². The second-order valence-corrected chi connectivity index (χ2v) is 6.58. The third-order valence-corrected chi connectivity index (χ3v) is 4.52. The van der Waals surface area contributed by atoms with Gasteiger partial charge >= 0.3 is 0 Å². The molecule has 3 nitrogen and oxygen atoms in total. The maximum Gasteiger partial charge on any atom is 0.252 e. The van der Waals surface area contributed by atoms with E-state index >= 15 is 0 Å². The van der Waals surface area contributed by atoms with Gasteiger partial charge < -0.3 is 5.32 Å². The SMILES string of the molecule is CC1CCC(C#N)(NC(=O)c2ccc(I)cc2)CC1. The van der Waals surface area contributed by atoms with Gasteiger partial charge in [0.1, 0.15) is 5.54 Å². The molecular weight excluding hydrogens is 351 g/mol. The van der Waals surface area contributed by atoms with Gasteiger partial charge in [-0.1, -0.05) is 6.92 Å². The van der Waals surface area contributed by atoms with E-state index in [9.17, 15) is 10.1 Å². The average Bonchev–Trinajstić information content (AvgIpc) is 2.42. The molecule has 0 radical (unpaired) electrons. The maximum absolute atomic E-state index is 12.2. The van der Waals surface area contributed by atoms with Crippen LogP contribution in [0.4, 0.5) is 0 Å². The first-order valence-electron chi connectivity index (χ1n) is 6.54. The van der Waals surface area contributed by atoms with E-state index in [0.29, 0.717) is 11.5 Å². The number of nitriles is 1. The Kier molecular flexibility index (Phi) is 4.46. The lowest BCUT2D eigenvalue weighted by molar-refractivity contribution is 0.0894. The minimum Gasteiger partial charge on any atom is -0.334 e. The molecule has 0 heterocycles. The second-order valence-electron chi connectivity index (χ2n) is 5.34. The van der Waals surface area contributed by atoms with E-state index in [1.54, 1.807) is 12.1 Å². The third-order valence-electron chi connectivity index (χ3n) is 3.80. The summed E-state index contributed by atoms with van der Waals surface area (Å²) in [7, 11) is 0. The Morgan fingerprint density at radius 1 is 1.37 bits per heavy atom. The number of halogens is 1. The lowest BCUT2D eigenvalue weighted by atomic mass is 9.78. The molecule has 1 saturated carbocycles. The Morgan fingerprint density at radius 2 is 1.95 bits per heavy atom. The minimum atomic E-state index is -0.674. The van der Waals surface area contributed by atoms with Crippen LogP contribution in [-0.2, 0) is 0 Å². The molecule has 1 amide bonds. The molecule has 0 bridgehead atoms. The summed E-state index contributed by atoms with van der Waals surface area (Å²) in [6.07, 6.45) is 3.50. The lowest BCUT2D eigenvalue weighted by Crippen LogP contribution is -2.49.